The Bertz CT molecular complexity index is 2400. The average Bonchev–Trinajstić information content (AvgIpc) is 3.74. The summed E-state index contributed by atoms with van der Waals surface area (Å²) in [4.78, 5) is 40.5. The molecule has 0 saturated carbocycles. The van der Waals surface area contributed by atoms with E-state index in [4.69, 9.17) is 29.2 Å². The minimum absolute atomic E-state index is 0.00710. The van der Waals surface area contributed by atoms with Crippen molar-refractivity contribution in [1.82, 2.24) is 5.32 Å². The third-order valence-electron chi connectivity index (χ3n) is 11.7. The van der Waals surface area contributed by atoms with E-state index in [1.165, 1.54) is 0 Å². The van der Waals surface area contributed by atoms with Gasteiger partial charge < -0.3 is 34.1 Å². The number of esters is 1. The third-order valence-corrected chi connectivity index (χ3v) is 11.7. The minimum Gasteiger partial charge on any atom is -0.478 e. The Morgan fingerprint density at radius 2 is 1.63 bits per heavy atom. The van der Waals surface area contributed by atoms with Crippen LogP contribution in [0.3, 0.4) is 0 Å². The number of benzene rings is 3. The van der Waals surface area contributed by atoms with E-state index in [0.29, 0.717) is 29.7 Å². The summed E-state index contributed by atoms with van der Waals surface area (Å²) in [6.45, 7) is 22.3. The molecule has 13 heteroatoms. The summed E-state index contributed by atoms with van der Waals surface area (Å²) in [5.74, 6) is -2.62. The quantitative estimate of drug-likeness (QED) is 0.0622. The number of aromatic carboxylic acids is 1. The number of fused-ring (bicyclic) bond motifs is 2. The Morgan fingerprint density at radius 1 is 0.940 bits per heavy atom. The Hall–Kier alpha value is -5.82. The minimum atomic E-state index is -0.987. The number of carbonyl (C=O) groups is 3. The molecule has 0 radical (unpaired) electrons. The number of nitrogens with zero attached hydrogens (tertiary/aromatic N) is 3. The van der Waals surface area contributed by atoms with Gasteiger partial charge in [0.1, 0.15) is 12.2 Å². The Kier molecular flexibility index (Phi) is 18.1. The Morgan fingerprint density at radius 3 is 2.33 bits per heavy atom. The van der Waals surface area contributed by atoms with E-state index >= 15 is 0 Å². The number of azide groups is 1. The first-order valence-electron chi connectivity index (χ1n) is 23.1. The summed E-state index contributed by atoms with van der Waals surface area (Å²) in [5.41, 5.74) is 15.4. The van der Waals surface area contributed by atoms with Crippen LogP contribution in [0.1, 0.15) is 126 Å². The zero-order chi connectivity index (χ0) is 49.1. The Balaban J connectivity index is 0.000000264. The van der Waals surface area contributed by atoms with E-state index in [-0.39, 0.29) is 48.0 Å². The molecule has 2 fully saturated rings. The van der Waals surface area contributed by atoms with Crippen LogP contribution in [0.15, 0.2) is 96.2 Å². The van der Waals surface area contributed by atoms with Gasteiger partial charge >= 0.3 is 11.9 Å². The molecular formula is C54H68N4O9. The molecule has 67 heavy (non-hydrogen) atoms. The van der Waals surface area contributed by atoms with Gasteiger partial charge in [-0.2, -0.15) is 0 Å². The predicted octanol–water partition coefficient (Wildman–Crippen LogP) is 11.5. The van der Waals surface area contributed by atoms with Crippen LogP contribution < -0.4 is 5.32 Å². The standard InChI is InChI=1S/C30H35N3O6.C24H33NO3/c1-19(18-32-33-31)14-15-24(37-29(36)22-10-7-6-8-11-22)27-25(38-30(4,5)39-27)13-9-12-23-17-20(2)16-21(3)26(23)28(34)35;1-15-10-11-17(3)22-20(27-24(5,6)28-22)9-7-8-19-13-16(2)12-18(4)21(19)23(26)25-14-15/h6-12,14-17,19,24-25,27H,13,18H2,1-5H3,(H,34,35);7-8,10-13,15,17,20,22H,9,14H2,1-6H3,(H,25,26)/b12-9+,15-14-;8-7+,11-10-/t19-,24?,25-,27+;15-,17?,20+,22?/m01/s1. The second-order valence-electron chi connectivity index (χ2n) is 18.9. The number of nitrogens with one attached hydrogen (secondary N) is 1. The van der Waals surface area contributed by atoms with Crippen molar-refractivity contribution in [2.45, 2.75) is 131 Å². The van der Waals surface area contributed by atoms with Gasteiger partial charge in [-0.1, -0.05) is 122 Å². The van der Waals surface area contributed by atoms with Gasteiger partial charge in [-0.25, -0.2) is 9.59 Å². The molecule has 0 spiro atoms. The number of aryl methyl sites for hydroxylation is 4. The maximum absolute atomic E-state index is 13.0. The van der Waals surface area contributed by atoms with E-state index < -0.39 is 41.8 Å². The molecule has 2 saturated heterocycles. The van der Waals surface area contributed by atoms with Crippen LogP contribution in [0.5, 0.6) is 0 Å². The summed E-state index contributed by atoms with van der Waals surface area (Å²) in [5, 5.41) is 16.4. The van der Waals surface area contributed by atoms with Crippen LogP contribution in [0.4, 0.5) is 0 Å². The number of carboxylic acid groups (broad SMARTS) is 1. The summed E-state index contributed by atoms with van der Waals surface area (Å²) in [6, 6.07) is 16.5. The van der Waals surface area contributed by atoms with E-state index in [9.17, 15) is 19.5 Å². The van der Waals surface area contributed by atoms with E-state index in [1.807, 2.05) is 65.0 Å². The summed E-state index contributed by atoms with van der Waals surface area (Å²) < 4.78 is 30.7. The number of hydrogen-bond acceptors (Lipinski definition) is 9. The lowest BCUT2D eigenvalue weighted by Gasteiger charge is -2.24. The maximum Gasteiger partial charge on any atom is 0.338 e. The van der Waals surface area contributed by atoms with Crippen LogP contribution in [0.2, 0.25) is 0 Å². The summed E-state index contributed by atoms with van der Waals surface area (Å²) in [7, 11) is 0. The van der Waals surface area contributed by atoms with Gasteiger partial charge in [0.05, 0.1) is 29.4 Å². The van der Waals surface area contributed by atoms with Crippen LogP contribution in [-0.2, 0) is 23.7 Å². The molecule has 3 unspecified atom stereocenters. The highest BCUT2D eigenvalue weighted by Crippen LogP contribution is 2.36. The fourth-order valence-electron chi connectivity index (χ4n) is 8.73. The molecule has 13 nitrogen and oxygen atoms in total. The topological polar surface area (TPSA) is 178 Å². The van der Waals surface area contributed by atoms with Crippen molar-refractivity contribution < 1.29 is 43.2 Å². The molecule has 2 N–H and O–H groups in total. The van der Waals surface area contributed by atoms with Crippen molar-refractivity contribution in [3.63, 3.8) is 0 Å². The molecule has 3 aromatic carbocycles. The normalized spacial score (nSPS) is 25.3. The van der Waals surface area contributed by atoms with Gasteiger partial charge in [-0.05, 0) is 126 Å². The molecule has 0 bridgehead atoms. The zero-order valence-corrected chi connectivity index (χ0v) is 40.8. The molecule has 0 aromatic heterocycles. The smallest absolute Gasteiger partial charge is 0.338 e. The van der Waals surface area contributed by atoms with Crippen LogP contribution >= 0.6 is 0 Å². The SMILES string of the molecule is Cc1cc(C)c(C(=O)O)c(/C=C/C[C@@H]2OC(C)(C)O[C@@H]2C(/C=C\[C@H](C)CN=[N+]=[N-])OC(=O)c2ccccc2)c1.Cc1cc(C)c2c(c1)/C=C/C[C@@H]1OC(C)(C)OC1C(C)/C=C\[C@@H](C)CNC2=O. The maximum atomic E-state index is 13.0. The lowest BCUT2D eigenvalue weighted by Crippen LogP contribution is -2.37. The number of carbonyl (C=O) groups excluding carboxylic acids is 2. The summed E-state index contributed by atoms with van der Waals surface area (Å²) in [6.07, 6.45) is 15.0. The largest absolute Gasteiger partial charge is 0.478 e. The van der Waals surface area contributed by atoms with Crippen LogP contribution in [0, 0.1) is 45.4 Å². The van der Waals surface area contributed by atoms with Crippen LogP contribution in [-0.4, -0.2) is 78.1 Å². The number of amides is 1. The highest BCUT2D eigenvalue weighted by atomic mass is 16.8. The highest BCUT2D eigenvalue weighted by Gasteiger charge is 2.46. The van der Waals surface area contributed by atoms with Gasteiger partial charge in [0.2, 0.25) is 0 Å². The van der Waals surface area contributed by atoms with Crippen molar-refractivity contribution in [3.05, 3.63) is 152 Å². The van der Waals surface area contributed by atoms with E-state index in [0.717, 1.165) is 34.2 Å². The van der Waals surface area contributed by atoms with Gasteiger partial charge in [0, 0.05) is 29.5 Å². The molecule has 3 aliphatic heterocycles. The van der Waals surface area contributed by atoms with Gasteiger partial charge in [0.25, 0.3) is 5.91 Å². The van der Waals surface area contributed by atoms with Crippen molar-refractivity contribution in [3.8, 4) is 0 Å². The molecule has 0 aliphatic carbocycles. The second-order valence-corrected chi connectivity index (χ2v) is 18.9. The molecule has 3 aromatic rings. The molecular weight excluding hydrogens is 849 g/mol. The molecule has 3 heterocycles. The first-order valence-corrected chi connectivity index (χ1v) is 23.1. The van der Waals surface area contributed by atoms with Gasteiger partial charge in [-0.3, -0.25) is 4.79 Å². The van der Waals surface area contributed by atoms with E-state index in [2.05, 4.69) is 72.6 Å². The predicted molar refractivity (Wildman–Crippen MR) is 262 cm³/mol. The number of hydrogen-bond donors (Lipinski definition) is 2. The van der Waals surface area contributed by atoms with E-state index in [1.54, 1.807) is 57.2 Å². The first-order chi connectivity index (χ1) is 31.7. The molecule has 1 amide bonds. The number of rotatable bonds is 11. The van der Waals surface area contributed by atoms with Crippen molar-refractivity contribution in [2.75, 3.05) is 13.1 Å². The summed E-state index contributed by atoms with van der Waals surface area (Å²) >= 11 is 0. The van der Waals surface area contributed by atoms with Crippen molar-refractivity contribution >= 4 is 30.0 Å². The third kappa shape index (κ3) is 14.8. The highest BCUT2D eigenvalue weighted by molar-refractivity contribution is 5.99. The second kappa shape index (κ2) is 23.3. The zero-order valence-electron chi connectivity index (χ0n) is 40.8. The van der Waals surface area contributed by atoms with Gasteiger partial charge in [0.15, 0.2) is 11.6 Å². The Labute approximate surface area is 395 Å². The van der Waals surface area contributed by atoms with Crippen molar-refractivity contribution in [1.29, 1.82) is 0 Å². The molecule has 8 atom stereocenters. The average molecular weight is 917 g/mol. The fourth-order valence-corrected chi connectivity index (χ4v) is 8.73. The lowest BCUT2D eigenvalue weighted by molar-refractivity contribution is -0.152. The van der Waals surface area contributed by atoms with Gasteiger partial charge in [-0.15, -0.1) is 0 Å². The lowest BCUT2D eigenvalue weighted by atomic mass is 9.94. The number of carboxylic acids is 1. The monoisotopic (exact) mass is 916 g/mol. The fraction of sp³-hybridized carbons (Fsp3) is 0.463. The molecule has 358 valence electrons. The molecule has 6 rings (SSSR count). The first kappa shape index (κ1) is 52.2. The number of ether oxygens (including phenoxy) is 5. The molecule has 3 aliphatic rings. The van der Waals surface area contributed by atoms with Crippen molar-refractivity contribution in [2.24, 2.45) is 22.9 Å². The van der Waals surface area contributed by atoms with Crippen LogP contribution in [0.25, 0.3) is 22.6 Å².